The third-order valence-electron chi connectivity index (χ3n) is 6.57. The van der Waals surface area contributed by atoms with Crippen molar-refractivity contribution >= 4 is 5.97 Å². The Hall–Kier alpha value is -1.43. The molecule has 1 N–H and O–H groups in total. The second kappa shape index (κ2) is 10.4. The van der Waals surface area contributed by atoms with Crippen LogP contribution in [0.25, 0.3) is 0 Å². The highest BCUT2D eigenvalue weighted by Gasteiger charge is 2.41. The molecule has 6 nitrogen and oxygen atoms in total. The summed E-state index contributed by atoms with van der Waals surface area (Å²) in [5, 5.41) is 18.5. The SMILES string of the molecule is CCCNCc1noc(C(CCCC2(C(C)(C)C)CCCCC2)CC(=O)[O-])n1. The third kappa shape index (κ3) is 6.29. The number of aromatic nitrogens is 2. The van der Waals surface area contributed by atoms with Crippen LogP contribution < -0.4 is 10.4 Å². The maximum Gasteiger partial charge on any atom is 0.230 e. The number of carboxylic acids is 1. The van der Waals surface area contributed by atoms with Gasteiger partial charge in [-0.15, -0.1) is 0 Å². The lowest BCUT2D eigenvalue weighted by Crippen LogP contribution is -2.37. The molecular formula is C22H38N3O3-. The van der Waals surface area contributed by atoms with Crippen LogP contribution in [0, 0.1) is 10.8 Å². The molecule has 6 heteroatoms. The molecule has 0 aromatic carbocycles. The smallest absolute Gasteiger partial charge is 0.230 e. The summed E-state index contributed by atoms with van der Waals surface area (Å²) >= 11 is 0. The monoisotopic (exact) mass is 392 g/mol. The van der Waals surface area contributed by atoms with Crippen LogP contribution in [0.1, 0.15) is 110 Å². The average Bonchev–Trinajstić information content (AvgIpc) is 3.09. The van der Waals surface area contributed by atoms with E-state index in [-0.39, 0.29) is 17.8 Å². The van der Waals surface area contributed by atoms with Gasteiger partial charge in [0.25, 0.3) is 0 Å². The van der Waals surface area contributed by atoms with Crippen LogP contribution in [0.15, 0.2) is 4.52 Å². The Morgan fingerprint density at radius 2 is 2.00 bits per heavy atom. The van der Waals surface area contributed by atoms with E-state index >= 15 is 0 Å². The van der Waals surface area contributed by atoms with Crippen LogP contribution in [0.3, 0.4) is 0 Å². The van der Waals surface area contributed by atoms with Crippen molar-refractivity contribution in [3.63, 3.8) is 0 Å². The van der Waals surface area contributed by atoms with Gasteiger partial charge in [0.1, 0.15) is 0 Å². The lowest BCUT2D eigenvalue weighted by Gasteiger charge is -2.48. The first-order valence-corrected chi connectivity index (χ1v) is 11.0. The highest BCUT2D eigenvalue weighted by atomic mass is 16.5. The van der Waals surface area contributed by atoms with Crippen molar-refractivity contribution in [1.29, 1.82) is 0 Å². The van der Waals surface area contributed by atoms with E-state index in [1.54, 1.807) is 0 Å². The Balaban J connectivity index is 1.99. The number of carbonyl (C=O) groups excluding carboxylic acids is 1. The van der Waals surface area contributed by atoms with Crippen molar-refractivity contribution in [2.75, 3.05) is 6.54 Å². The number of rotatable bonds is 11. The van der Waals surface area contributed by atoms with Gasteiger partial charge < -0.3 is 19.7 Å². The molecule has 1 aromatic rings. The Labute approximate surface area is 169 Å². The van der Waals surface area contributed by atoms with E-state index in [1.807, 2.05) is 0 Å². The molecule has 0 spiro atoms. The van der Waals surface area contributed by atoms with Gasteiger partial charge in [0.2, 0.25) is 5.89 Å². The van der Waals surface area contributed by atoms with E-state index in [9.17, 15) is 9.90 Å². The van der Waals surface area contributed by atoms with Crippen molar-refractivity contribution in [2.45, 2.75) is 104 Å². The Morgan fingerprint density at radius 3 is 2.61 bits per heavy atom. The summed E-state index contributed by atoms with van der Waals surface area (Å²) in [6.07, 6.45) is 10.3. The predicted octanol–water partition coefficient (Wildman–Crippen LogP) is 3.96. The first-order valence-electron chi connectivity index (χ1n) is 11.0. The van der Waals surface area contributed by atoms with Gasteiger partial charge in [-0.1, -0.05) is 58.5 Å². The fourth-order valence-electron chi connectivity index (χ4n) is 4.69. The maximum absolute atomic E-state index is 11.3. The summed E-state index contributed by atoms with van der Waals surface area (Å²) in [5.41, 5.74) is 0.612. The highest BCUT2D eigenvalue weighted by Crippen LogP contribution is 2.53. The van der Waals surface area contributed by atoms with Gasteiger partial charge in [-0.3, -0.25) is 0 Å². The molecule has 1 fully saturated rings. The largest absolute Gasteiger partial charge is 0.550 e. The minimum Gasteiger partial charge on any atom is -0.550 e. The molecule has 1 aromatic heterocycles. The number of nitrogens with one attached hydrogen (secondary N) is 1. The summed E-state index contributed by atoms with van der Waals surface area (Å²) in [4.78, 5) is 15.7. The predicted molar refractivity (Wildman–Crippen MR) is 107 cm³/mol. The molecule has 1 aliphatic rings. The Kier molecular flexibility index (Phi) is 8.47. The molecular weight excluding hydrogens is 354 g/mol. The molecule has 28 heavy (non-hydrogen) atoms. The van der Waals surface area contributed by atoms with Crippen molar-refractivity contribution in [2.24, 2.45) is 10.8 Å². The van der Waals surface area contributed by atoms with E-state index in [0.29, 0.717) is 23.7 Å². The van der Waals surface area contributed by atoms with Crippen LogP contribution in [-0.2, 0) is 11.3 Å². The molecule has 0 radical (unpaired) electrons. The summed E-state index contributed by atoms with van der Waals surface area (Å²) in [5.74, 6) is -0.300. The fourth-order valence-corrected chi connectivity index (χ4v) is 4.69. The normalized spacial score (nSPS) is 18.1. The van der Waals surface area contributed by atoms with Gasteiger partial charge in [-0.05, 0) is 55.9 Å². The zero-order valence-corrected chi connectivity index (χ0v) is 18.2. The minimum absolute atomic E-state index is 0.0630. The van der Waals surface area contributed by atoms with Crippen molar-refractivity contribution in [1.82, 2.24) is 15.5 Å². The first kappa shape index (κ1) is 22.9. The van der Waals surface area contributed by atoms with E-state index in [0.717, 1.165) is 32.2 Å². The second-order valence-corrected chi connectivity index (χ2v) is 9.48. The van der Waals surface area contributed by atoms with Gasteiger partial charge in [-0.2, -0.15) is 4.98 Å². The molecule has 0 aliphatic heterocycles. The summed E-state index contributed by atoms with van der Waals surface area (Å²) in [7, 11) is 0. The number of hydrogen-bond acceptors (Lipinski definition) is 6. The second-order valence-electron chi connectivity index (χ2n) is 9.48. The summed E-state index contributed by atoms with van der Waals surface area (Å²) in [6, 6.07) is 0. The average molecular weight is 393 g/mol. The topological polar surface area (TPSA) is 91.1 Å². The number of carboxylic acid groups (broad SMARTS) is 1. The van der Waals surface area contributed by atoms with Crippen LogP contribution in [0.2, 0.25) is 0 Å². The van der Waals surface area contributed by atoms with Gasteiger partial charge in [0.15, 0.2) is 5.82 Å². The Bertz CT molecular complexity index is 600. The van der Waals surface area contributed by atoms with Crippen LogP contribution >= 0.6 is 0 Å². The molecule has 1 saturated carbocycles. The minimum atomic E-state index is -1.06. The van der Waals surface area contributed by atoms with E-state index in [4.69, 9.17) is 4.52 Å². The molecule has 0 amide bonds. The molecule has 1 atom stereocenters. The van der Waals surface area contributed by atoms with Crippen molar-refractivity contribution < 1.29 is 14.4 Å². The standard InChI is InChI=1S/C22H39N3O3/c1-5-14-23-16-18-24-20(28-25-18)17(15-19(26)27)10-9-13-22(21(2,3)4)11-7-6-8-12-22/h17,23H,5-16H2,1-4H3,(H,26,27)/p-1. The lowest BCUT2D eigenvalue weighted by atomic mass is 9.57. The van der Waals surface area contributed by atoms with E-state index < -0.39 is 5.97 Å². The number of carbonyl (C=O) groups is 1. The van der Waals surface area contributed by atoms with E-state index in [1.165, 1.54) is 32.1 Å². The number of aliphatic carboxylic acids is 1. The molecule has 1 aliphatic carbocycles. The Morgan fingerprint density at radius 1 is 1.29 bits per heavy atom. The van der Waals surface area contributed by atoms with Gasteiger partial charge >= 0.3 is 0 Å². The molecule has 0 saturated heterocycles. The number of hydrogen-bond donors (Lipinski definition) is 1. The fraction of sp³-hybridized carbons (Fsp3) is 0.864. The van der Waals surface area contributed by atoms with Gasteiger partial charge in [0.05, 0.1) is 6.54 Å². The van der Waals surface area contributed by atoms with Crippen molar-refractivity contribution in [3.8, 4) is 0 Å². The quantitative estimate of drug-likeness (QED) is 0.573. The maximum atomic E-state index is 11.3. The van der Waals surface area contributed by atoms with Crippen molar-refractivity contribution in [3.05, 3.63) is 11.7 Å². The van der Waals surface area contributed by atoms with Crippen LogP contribution in [0.4, 0.5) is 0 Å². The van der Waals surface area contributed by atoms with Crippen LogP contribution in [0.5, 0.6) is 0 Å². The lowest BCUT2D eigenvalue weighted by molar-refractivity contribution is -0.306. The molecule has 1 heterocycles. The first-order chi connectivity index (χ1) is 13.3. The van der Waals surface area contributed by atoms with Gasteiger partial charge in [-0.25, -0.2) is 0 Å². The third-order valence-corrected chi connectivity index (χ3v) is 6.57. The molecule has 2 rings (SSSR count). The summed E-state index contributed by atoms with van der Waals surface area (Å²) < 4.78 is 5.40. The number of nitrogens with zero attached hydrogens (tertiary/aromatic N) is 2. The summed E-state index contributed by atoms with van der Waals surface area (Å²) in [6.45, 7) is 10.6. The molecule has 1 unspecified atom stereocenters. The molecule has 160 valence electrons. The zero-order chi connectivity index (χ0) is 20.6. The zero-order valence-electron chi connectivity index (χ0n) is 18.2. The van der Waals surface area contributed by atoms with Gasteiger partial charge in [0, 0.05) is 11.9 Å². The molecule has 0 bridgehead atoms. The highest BCUT2D eigenvalue weighted by molar-refractivity contribution is 5.65. The van der Waals surface area contributed by atoms with Crippen LogP contribution in [-0.4, -0.2) is 22.7 Å². The van der Waals surface area contributed by atoms with E-state index in [2.05, 4.69) is 43.2 Å².